The highest BCUT2D eigenvalue weighted by Crippen LogP contribution is 2.10. The first-order valence-corrected chi connectivity index (χ1v) is 6.82. The van der Waals surface area contributed by atoms with Gasteiger partial charge >= 0.3 is 6.01 Å². The Balaban J connectivity index is 1.91. The molecule has 1 heterocycles. The topological polar surface area (TPSA) is 38.2 Å². The number of aromatic nitrogens is 2. The standard InChI is InChI=1S/C16H21N3O/c1-4-13-5-7-14(8-6-13)11-19(2)12-15-9-17-16(20-3)18-10-15/h5-10H,4,11-12H2,1-3H3. The molecule has 0 amide bonds. The van der Waals surface area contributed by atoms with E-state index in [-0.39, 0.29) is 0 Å². The van der Waals surface area contributed by atoms with Crippen molar-refractivity contribution in [1.82, 2.24) is 14.9 Å². The van der Waals surface area contributed by atoms with Crippen LogP contribution in [0, 0.1) is 0 Å². The van der Waals surface area contributed by atoms with Crippen LogP contribution in [0.4, 0.5) is 0 Å². The third kappa shape index (κ3) is 4.03. The molecule has 0 spiro atoms. The van der Waals surface area contributed by atoms with Gasteiger partial charge in [-0.2, -0.15) is 0 Å². The summed E-state index contributed by atoms with van der Waals surface area (Å²) < 4.78 is 4.96. The van der Waals surface area contributed by atoms with Crippen molar-refractivity contribution in [3.05, 3.63) is 53.3 Å². The molecule has 0 aliphatic heterocycles. The molecule has 20 heavy (non-hydrogen) atoms. The summed E-state index contributed by atoms with van der Waals surface area (Å²) in [5, 5.41) is 0. The predicted molar refractivity (Wildman–Crippen MR) is 79.6 cm³/mol. The zero-order chi connectivity index (χ0) is 14.4. The van der Waals surface area contributed by atoms with Crippen LogP contribution >= 0.6 is 0 Å². The van der Waals surface area contributed by atoms with Crippen molar-refractivity contribution >= 4 is 0 Å². The molecule has 4 nitrogen and oxygen atoms in total. The van der Waals surface area contributed by atoms with Gasteiger partial charge in [-0.3, -0.25) is 4.90 Å². The summed E-state index contributed by atoms with van der Waals surface area (Å²) >= 11 is 0. The molecule has 0 atom stereocenters. The van der Waals surface area contributed by atoms with Gasteiger partial charge in [-0.1, -0.05) is 31.2 Å². The lowest BCUT2D eigenvalue weighted by Crippen LogP contribution is -2.17. The lowest BCUT2D eigenvalue weighted by Gasteiger charge is -2.16. The van der Waals surface area contributed by atoms with Crippen LogP contribution in [0.5, 0.6) is 6.01 Å². The Labute approximate surface area is 120 Å². The zero-order valence-corrected chi connectivity index (χ0v) is 12.3. The van der Waals surface area contributed by atoms with Gasteiger partial charge < -0.3 is 4.74 Å². The number of nitrogens with zero attached hydrogens (tertiary/aromatic N) is 3. The summed E-state index contributed by atoms with van der Waals surface area (Å²) in [6, 6.07) is 9.19. The molecule has 0 bridgehead atoms. The summed E-state index contributed by atoms with van der Waals surface area (Å²) in [7, 11) is 3.67. The van der Waals surface area contributed by atoms with E-state index in [0.29, 0.717) is 6.01 Å². The number of benzene rings is 1. The van der Waals surface area contributed by atoms with Gasteiger partial charge in [-0.05, 0) is 24.6 Å². The average molecular weight is 271 g/mol. The normalized spacial score (nSPS) is 10.8. The fraction of sp³-hybridized carbons (Fsp3) is 0.375. The maximum Gasteiger partial charge on any atom is 0.316 e. The van der Waals surface area contributed by atoms with E-state index in [2.05, 4.69) is 53.1 Å². The molecule has 4 heteroatoms. The van der Waals surface area contributed by atoms with Crippen LogP contribution < -0.4 is 4.74 Å². The van der Waals surface area contributed by atoms with E-state index in [9.17, 15) is 0 Å². The highest BCUT2D eigenvalue weighted by molar-refractivity contribution is 5.22. The van der Waals surface area contributed by atoms with Gasteiger partial charge in [0, 0.05) is 31.0 Å². The third-order valence-electron chi connectivity index (χ3n) is 3.20. The molecule has 0 N–H and O–H groups in total. The Kier molecular flexibility index (Phi) is 5.07. The van der Waals surface area contributed by atoms with Gasteiger partial charge in [0.1, 0.15) is 0 Å². The highest BCUT2D eigenvalue weighted by atomic mass is 16.5. The van der Waals surface area contributed by atoms with E-state index in [0.717, 1.165) is 25.1 Å². The van der Waals surface area contributed by atoms with Crippen LogP contribution in [0.15, 0.2) is 36.7 Å². The van der Waals surface area contributed by atoms with Gasteiger partial charge in [0.25, 0.3) is 0 Å². The number of methoxy groups -OCH3 is 1. The van der Waals surface area contributed by atoms with E-state index >= 15 is 0 Å². The highest BCUT2D eigenvalue weighted by Gasteiger charge is 2.03. The first kappa shape index (κ1) is 14.5. The number of rotatable bonds is 6. The van der Waals surface area contributed by atoms with Crippen LogP contribution in [0.3, 0.4) is 0 Å². The summed E-state index contributed by atoms with van der Waals surface area (Å²) in [5.41, 5.74) is 3.78. The van der Waals surface area contributed by atoms with Crippen molar-refractivity contribution < 1.29 is 4.74 Å². The molecule has 0 fully saturated rings. The largest absolute Gasteiger partial charge is 0.467 e. The smallest absolute Gasteiger partial charge is 0.316 e. The quantitative estimate of drug-likeness (QED) is 0.809. The monoisotopic (exact) mass is 271 g/mol. The van der Waals surface area contributed by atoms with E-state index in [4.69, 9.17) is 4.74 Å². The molecule has 1 aromatic carbocycles. The Morgan fingerprint density at radius 3 is 2.05 bits per heavy atom. The van der Waals surface area contributed by atoms with Gasteiger partial charge in [0.2, 0.25) is 0 Å². The Morgan fingerprint density at radius 2 is 1.50 bits per heavy atom. The molecule has 0 aliphatic rings. The molecule has 106 valence electrons. The minimum Gasteiger partial charge on any atom is -0.467 e. The van der Waals surface area contributed by atoms with E-state index in [1.165, 1.54) is 11.1 Å². The molecule has 0 aliphatic carbocycles. The van der Waals surface area contributed by atoms with Crippen molar-refractivity contribution in [2.75, 3.05) is 14.2 Å². The van der Waals surface area contributed by atoms with Crippen molar-refractivity contribution in [1.29, 1.82) is 0 Å². The van der Waals surface area contributed by atoms with Crippen LogP contribution in [0.2, 0.25) is 0 Å². The second-order valence-electron chi connectivity index (χ2n) is 4.92. The van der Waals surface area contributed by atoms with Crippen molar-refractivity contribution in [3.63, 3.8) is 0 Å². The first-order valence-electron chi connectivity index (χ1n) is 6.82. The molecule has 0 saturated carbocycles. The van der Waals surface area contributed by atoms with Gasteiger partial charge in [-0.25, -0.2) is 9.97 Å². The molecule has 2 rings (SSSR count). The molecule has 0 unspecified atom stereocenters. The molecule has 0 saturated heterocycles. The maximum atomic E-state index is 4.96. The molecule has 0 radical (unpaired) electrons. The number of ether oxygens (including phenoxy) is 1. The van der Waals surface area contributed by atoms with Crippen LogP contribution in [-0.2, 0) is 19.5 Å². The Bertz CT molecular complexity index is 473. The average Bonchev–Trinajstić information content (AvgIpc) is 2.49. The summed E-state index contributed by atoms with van der Waals surface area (Å²) in [4.78, 5) is 10.5. The zero-order valence-electron chi connectivity index (χ0n) is 12.3. The lowest BCUT2D eigenvalue weighted by molar-refractivity contribution is 0.316. The molecule has 2 aromatic rings. The Morgan fingerprint density at radius 1 is 0.950 bits per heavy atom. The summed E-state index contributed by atoms with van der Waals surface area (Å²) in [6.45, 7) is 3.90. The molecule has 1 aromatic heterocycles. The van der Waals surface area contributed by atoms with E-state index in [1.54, 1.807) is 7.11 Å². The van der Waals surface area contributed by atoms with Crippen LogP contribution in [0.1, 0.15) is 23.6 Å². The number of hydrogen-bond donors (Lipinski definition) is 0. The van der Waals surface area contributed by atoms with Crippen molar-refractivity contribution in [2.24, 2.45) is 0 Å². The van der Waals surface area contributed by atoms with E-state index < -0.39 is 0 Å². The number of hydrogen-bond acceptors (Lipinski definition) is 4. The second-order valence-corrected chi connectivity index (χ2v) is 4.92. The minimum absolute atomic E-state index is 0.409. The minimum atomic E-state index is 0.409. The molecular weight excluding hydrogens is 250 g/mol. The first-order chi connectivity index (χ1) is 9.71. The van der Waals surface area contributed by atoms with Gasteiger partial charge in [0.15, 0.2) is 0 Å². The lowest BCUT2D eigenvalue weighted by atomic mass is 10.1. The van der Waals surface area contributed by atoms with Crippen LogP contribution in [0.25, 0.3) is 0 Å². The van der Waals surface area contributed by atoms with Gasteiger partial charge in [0.05, 0.1) is 7.11 Å². The molecular formula is C16H21N3O. The fourth-order valence-electron chi connectivity index (χ4n) is 2.09. The number of aryl methyl sites for hydroxylation is 1. The Hall–Kier alpha value is -1.94. The predicted octanol–water partition coefficient (Wildman–Crippen LogP) is 2.68. The maximum absolute atomic E-state index is 4.96. The van der Waals surface area contributed by atoms with Crippen LogP contribution in [-0.4, -0.2) is 29.0 Å². The van der Waals surface area contributed by atoms with Crippen molar-refractivity contribution in [2.45, 2.75) is 26.4 Å². The van der Waals surface area contributed by atoms with E-state index in [1.807, 2.05) is 12.4 Å². The SMILES string of the molecule is CCc1ccc(CN(C)Cc2cnc(OC)nc2)cc1. The van der Waals surface area contributed by atoms with Gasteiger partial charge in [-0.15, -0.1) is 0 Å². The third-order valence-corrected chi connectivity index (χ3v) is 3.20. The summed E-state index contributed by atoms with van der Waals surface area (Å²) in [6.07, 6.45) is 4.70. The fourth-order valence-corrected chi connectivity index (χ4v) is 2.09. The van der Waals surface area contributed by atoms with Crippen molar-refractivity contribution in [3.8, 4) is 6.01 Å². The summed E-state index contributed by atoms with van der Waals surface area (Å²) in [5.74, 6) is 0. The second kappa shape index (κ2) is 7.01.